The Kier molecular flexibility index (Phi) is 3.56. The van der Waals surface area contributed by atoms with E-state index in [0.717, 1.165) is 16.7 Å². The van der Waals surface area contributed by atoms with E-state index in [4.69, 9.17) is 0 Å². The highest BCUT2D eigenvalue weighted by Gasteiger charge is 2.08. The summed E-state index contributed by atoms with van der Waals surface area (Å²) in [6, 6.07) is 9.00. The van der Waals surface area contributed by atoms with Gasteiger partial charge in [0.1, 0.15) is 5.82 Å². The smallest absolute Gasteiger partial charge is 0.158 e. The van der Waals surface area contributed by atoms with Crippen LogP contribution in [0.25, 0.3) is 11.0 Å². The van der Waals surface area contributed by atoms with E-state index in [-0.39, 0.29) is 11.9 Å². The molecule has 4 nitrogen and oxygen atoms in total. The summed E-state index contributed by atoms with van der Waals surface area (Å²) in [4.78, 5) is 4.44. The van der Waals surface area contributed by atoms with Gasteiger partial charge in [0.2, 0.25) is 0 Å². The summed E-state index contributed by atoms with van der Waals surface area (Å²) < 4.78 is 15.5. The molecule has 0 saturated carbocycles. The van der Waals surface area contributed by atoms with Gasteiger partial charge in [0, 0.05) is 23.5 Å². The second-order valence-electron chi connectivity index (χ2n) is 5.26. The number of hydrogen-bond donors (Lipinski definition) is 1. The van der Waals surface area contributed by atoms with Crippen LogP contribution in [0.15, 0.2) is 42.7 Å². The molecule has 0 bridgehead atoms. The molecule has 0 aliphatic rings. The summed E-state index contributed by atoms with van der Waals surface area (Å²) in [5.41, 5.74) is 2.35. The first-order chi connectivity index (χ1) is 10.1. The SMILES string of the molecule is CC(C)n1ncc2cc(NCc3ccccc3F)cnc21. The molecule has 0 unspecified atom stereocenters. The number of nitrogens with one attached hydrogen (secondary N) is 1. The number of benzene rings is 1. The van der Waals surface area contributed by atoms with Gasteiger partial charge in [-0.2, -0.15) is 5.10 Å². The van der Waals surface area contributed by atoms with Crippen molar-refractivity contribution in [3.8, 4) is 0 Å². The molecule has 21 heavy (non-hydrogen) atoms. The Morgan fingerprint density at radius 2 is 2.05 bits per heavy atom. The molecular weight excluding hydrogens is 267 g/mol. The first-order valence-electron chi connectivity index (χ1n) is 6.95. The lowest BCUT2D eigenvalue weighted by atomic mass is 10.2. The van der Waals surface area contributed by atoms with Gasteiger partial charge in [-0.1, -0.05) is 18.2 Å². The highest BCUT2D eigenvalue weighted by molar-refractivity contribution is 5.78. The molecule has 2 aromatic heterocycles. The quantitative estimate of drug-likeness (QED) is 0.793. The Morgan fingerprint density at radius 1 is 1.24 bits per heavy atom. The van der Waals surface area contributed by atoms with Crippen molar-refractivity contribution >= 4 is 16.7 Å². The molecule has 2 heterocycles. The van der Waals surface area contributed by atoms with Gasteiger partial charge >= 0.3 is 0 Å². The molecule has 5 heteroatoms. The molecule has 0 aliphatic carbocycles. The second-order valence-corrected chi connectivity index (χ2v) is 5.26. The summed E-state index contributed by atoms with van der Waals surface area (Å²) in [6.07, 6.45) is 3.56. The first kappa shape index (κ1) is 13.5. The largest absolute Gasteiger partial charge is 0.380 e. The van der Waals surface area contributed by atoms with Crippen molar-refractivity contribution in [2.45, 2.75) is 26.4 Å². The molecule has 3 rings (SSSR count). The van der Waals surface area contributed by atoms with Crippen LogP contribution in [0, 0.1) is 5.82 Å². The van der Waals surface area contributed by atoms with E-state index in [0.29, 0.717) is 12.1 Å². The Balaban J connectivity index is 1.81. The van der Waals surface area contributed by atoms with Crippen molar-refractivity contribution in [2.75, 3.05) is 5.32 Å². The van der Waals surface area contributed by atoms with Gasteiger partial charge in [-0.05, 0) is 26.0 Å². The molecule has 0 fully saturated rings. The van der Waals surface area contributed by atoms with Gasteiger partial charge in [0.15, 0.2) is 5.65 Å². The summed E-state index contributed by atoms with van der Waals surface area (Å²) in [7, 11) is 0. The standard InChI is InChI=1S/C16H17FN4/c1-11(2)21-16-13(9-20-21)7-14(10-19-16)18-8-12-5-3-4-6-15(12)17/h3-7,9-11,18H,8H2,1-2H3. The molecular formula is C16H17FN4. The molecule has 0 saturated heterocycles. The topological polar surface area (TPSA) is 42.7 Å². The molecule has 1 aromatic carbocycles. The fourth-order valence-corrected chi connectivity index (χ4v) is 2.25. The van der Waals surface area contributed by atoms with Crippen LogP contribution >= 0.6 is 0 Å². The van der Waals surface area contributed by atoms with Crippen LogP contribution in [0.5, 0.6) is 0 Å². The van der Waals surface area contributed by atoms with Crippen LogP contribution in [0.3, 0.4) is 0 Å². The average Bonchev–Trinajstić information content (AvgIpc) is 2.89. The maximum absolute atomic E-state index is 13.6. The third-order valence-corrected chi connectivity index (χ3v) is 3.36. The predicted octanol–water partition coefficient (Wildman–Crippen LogP) is 3.76. The number of nitrogens with zero attached hydrogens (tertiary/aromatic N) is 3. The minimum atomic E-state index is -0.202. The molecule has 108 valence electrons. The number of halogens is 1. The third kappa shape index (κ3) is 2.72. The molecule has 0 radical (unpaired) electrons. The average molecular weight is 284 g/mol. The van der Waals surface area contributed by atoms with Crippen LogP contribution < -0.4 is 5.32 Å². The van der Waals surface area contributed by atoms with E-state index in [2.05, 4.69) is 29.2 Å². The predicted molar refractivity (Wildman–Crippen MR) is 81.6 cm³/mol. The summed E-state index contributed by atoms with van der Waals surface area (Å²) in [5, 5.41) is 8.50. The Labute approximate surface area is 122 Å². The second kappa shape index (κ2) is 5.52. The normalized spacial score (nSPS) is 11.2. The number of pyridine rings is 1. The Bertz CT molecular complexity index is 764. The third-order valence-electron chi connectivity index (χ3n) is 3.36. The zero-order valence-electron chi connectivity index (χ0n) is 12.0. The number of fused-ring (bicyclic) bond motifs is 1. The highest BCUT2D eigenvalue weighted by atomic mass is 19.1. The van der Waals surface area contributed by atoms with Crippen LogP contribution in [-0.4, -0.2) is 14.8 Å². The Morgan fingerprint density at radius 3 is 2.81 bits per heavy atom. The van der Waals surface area contributed by atoms with E-state index >= 15 is 0 Å². The minimum absolute atomic E-state index is 0.202. The van der Waals surface area contributed by atoms with E-state index in [9.17, 15) is 4.39 Å². The van der Waals surface area contributed by atoms with Crippen molar-refractivity contribution in [3.05, 3.63) is 54.1 Å². The summed E-state index contributed by atoms with van der Waals surface area (Å²) >= 11 is 0. The van der Waals surface area contributed by atoms with E-state index in [1.54, 1.807) is 24.5 Å². The lowest BCUT2D eigenvalue weighted by Crippen LogP contribution is -2.04. The minimum Gasteiger partial charge on any atom is -0.380 e. The molecule has 0 amide bonds. The van der Waals surface area contributed by atoms with Gasteiger partial charge in [-0.25, -0.2) is 14.1 Å². The van der Waals surface area contributed by atoms with Gasteiger partial charge in [-0.3, -0.25) is 0 Å². The number of aromatic nitrogens is 3. The van der Waals surface area contributed by atoms with E-state index in [1.807, 2.05) is 16.8 Å². The molecule has 3 aromatic rings. The molecule has 1 N–H and O–H groups in total. The Hall–Kier alpha value is -2.43. The monoisotopic (exact) mass is 284 g/mol. The van der Waals surface area contributed by atoms with Crippen molar-refractivity contribution in [2.24, 2.45) is 0 Å². The zero-order chi connectivity index (χ0) is 14.8. The number of anilines is 1. The van der Waals surface area contributed by atoms with Gasteiger partial charge in [0.05, 0.1) is 18.1 Å². The number of rotatable bonds is 4. The fraction of sp³-hybridized carbons (Fsp3) is 0.250. The van der Waals surface area contributed by atoms with Crippen LogP contribution in [0.2, 0.25) is 0 Å². The van der Waals surface area contributed by atoms with E-state index in [1.165, 1.54) is 6.07 Å². The van der Waals surface area contributed by atoms with Crippen molar-refractivity contribution in [1.29, 1.82) is 0 Å². The maximum Gasteiger partial charge on any atom is 0.158 e. The summed E-state index contributed by atoms with van der Waals surface area (Å²) in [5.74, 6) is -0.202. The zero-order valence-corrected chi connectivity index (χ0v) is 12.0. The lowest BCUT2D eigenvalue weighted by Gasteiger charge is -2.08. The highest BCUT2D eigenvalue weighted by Crippen LogP contribution is 2.19. The molecule has 0 atom stereocenters. The van der Waals surface area contributed by atoms with Crippen LogP contribution in [0.4, 0.5) is 10.1 Å². The van der Waals surface area contributed by atoms with Gasteiger partial charge < -0.3 is 5.32 Å². The molecule has 0 aliphatic heterocycles. The fourth-order valence-electron chi connectivity index (χ4n) is 2.25. The maximum atomic E-state index is 13.6. The van der Waals surface area contributed by atoms with Crippen LogP contribution in [0.1, 0.15) is 25.5 Å². The first-order valence-corrected chi connectivity index (χ1v) is 6.95. The van der Waals surface area contributed by atoms with Crippen molar-refractivity contribution < 1.29 is 4.39 Å². The van der Waals surface area contributed by atoms with Crippen molar-refractivity contribution in [1.82, 2.24) is 14.8 Å². The lowest BCUT2D eigenvalue weighted by molar-refractivity contribution is 0.546. The number of hydrogen-bond acceptors (Lipinski definition) is 3. The van der Waals surface area contributed by atoms with E-state index < -0.39 is 0 Å². The van der Waals surface area contributed by atoms with Gasteiger partial charge in [-0.15, -0.1) is 0 Å². The molecule has 0 spiro atoms. The van der Waals surface area contributed by atoms with Crippen LogP contribution in [-0.2, 0) is 6.54 Å². The van der Waals surface area contributed by atoms with Crippen molar-refractivity contribution in [3.63, 3.8) is 0 Å². The summed E-state index contributed by atoms with van der Waals surface area (Å²) in [6.45, 7) is 4.56. The van der Waals surface area contributed by atoms with Gasteiger partial charge in [0.25, 0.3) is 0 Å².